The van der Waals surface area contributed by atoms with Gasteiger partial charge in [-0.05, 0) is 29.3 Å². The van der Waals surface area contributed by atoms with Gasteiger partial charge in [-0.2, -0.15) is 5.10 Å². The van der Waals surface area contributed by atoms with Crippen LogP contribution in [0, 0.1) is 0 Å². The minimum absolute atomic E-state index is 0.0555. The van der Waals surface area contributed by atoms with Gasteiger partial charge in [0.15, 0.2) is 0 Å². The Morgan fingerprint density at radius 3 is 2.39 bits per heavy atom. The van der Waals surface area contributed by atoms with Gasteiger partial charge in [0.05, 0.1) is 19.9 Å². The third-order valence-electron chi connectivity index (χ3n) is 5.51. The summed E-state index contributed by atoms with van der Waals surface area (Å²) in [6, 6.07) is 18.4. The van der Waals surface area contributed by atoms with Crippen LogP contribution >= 0.6 is 0 Å². The summed E-state index contributed by atoms with van der Waals surface area (Å²) in [5.74, 6) is 0.927. The maximum Gasteiger partial charge on any atom is 0.246 e. The van der Waals surface area contributed by atoms with E-state index in [4.69, 9.17) is 4.74 Å². The molecule has 2 heterocycles. The van der Waals surface area contributed by atoms with Crippen molar-refractivity contribution in [3.8, 4) is 5.75 Å². The molecule has 0 radical (unpaired) electrons. The highest BCUT2D eigenvalue weighted by Gasteiger charge is 2.19. The second-order valence-corrected chi connectivity index (χ2v) is 7.74. The van der Waals surface area contributed by atoms with Crippen LogP contribution in [0.4, 0.5) is 0 Å². The first-order chi connectivity index (χ1) is 15.2. The van der Waals surface area contributed by atoms with Crippen LogP contribution in [0.25, 0.3) is 6.08 Å². The summed E-state index contributed by atoms with van der Waals surface area (Å²) >= 11 is 0. The number of amides is 1. The van der Waals surface area contributed by atoms with Crippen LogP contribution in [0.5, 0.6) is 5.75 Å². The Morgan fingerprint density at radius 1 is 0.968 bits per heavy atom. The highest BCUT2D eigenvalue weighted by Crippen LogP contribution is 2.14. The maximum absolute atomic E-state index is 12.6. The second kappa shape index (κ2) is 10.1. The van der Waals surface area contributed by atoms with Crippen molar-refractivity contribution in [1.82, 2.24) is 19.6 Å². The lowest BCUT2D eigenvalue weighted by atomic mass is 10.2. The first-order valence-electron chi connectivity index (χ1n) is 10.6. The number of hydrogen-bond donors (Lipinski definition) is 0. The molecule has 1 saturated heterocycles. The van der Waals surface area contributed by atoms with E-state index < -0.39 is 0 Å². The van der Waals surface area contributed by atoms with Crippen molar-refractivity contribution in [2.24, 2.45) is 0 Å². The third-order valence-corrected chi connectivity index (χ3v) is 5.51. The molecule has 0 N–H and O–H groups in total. The van der Waals surface area contributed by atoms with Crippen molar-refractivity contribution >= 4 is 12.0 Å². The number of hydrogen-bond acceptors (Lipinski definition) is 4. The molecule has 160 valence electrons. The summed E-state index contributed by atoms with van der Waals surface area (Å²) in [7, 11) is 1.68. The van der Waals surface area contributed by atoms with Gasteiger partial charge < -0.3 is 9.64 Å². The predicted molar refractivity (Wildman–Crippen MR) is 122 cm³/mol. The van der Waals surface area contributed by atoms with Gasteiger partial charge >= 0.3 is 0 Å². The fourth-order valence-corrected chi connectivity index (χ4v) is 3.71. The SMILES string of the molecule is COc1ccc(CN2CCN(C(=O)/C=C/c3cnn(Cc4ccccc4)c3)CC2)cc1. The highest BCUT2D eigenvalue weighted by atomic mass is 16.5. The number of carbonyl (C=O) groups excluding carboxylic acids is 1. The lowest BCUT2D eigenvalue weighted by Crippen LogP contribution is -2.47. The first kappa shape index (κ1) is 20.9. The van der Waals surface area contributed by atoms with E-state index in [1.165, 1.54) is 11.1 Å². The van der Waals surface area contributed by atoms with Gasteiger partial charge in [-0.3, -0.25) is 14.4 Å². The fourth-order valence-electron chi connectivity index (χ4n) is 3.71. The number of carbonyl (C=O) groups is 1. The molecule has 31 heavy (non-hydrogen) atoms. The van der Waals surface area contributed by atoms with Crippen LogP contribution in [0.1, 0.15) is 16.7 Å². The molecule has 0 atom stereocenters. The van der Waals surface area contributed by atoms with Gasteiger partial charge in [0.1, 0.15) is 5.75 Å². The Hall–Kier alpha value is -3.38. The Morgan fingerprint density at radius 2 is 1.68 bits per heavy atom. The van der Waals surface area contributed by atoms with Gasteiger partial charge in [-0.15, -0.1) is 0 Å². The van der Waals surface area contributed by atoms with Gasteiger partial charge in [0.25, 0.3) is 0 Å². The molecule has 0 saturated carbocycles. The van der Waals surface area contributed by atoms with Gasteiger partial charge in [0, 0.05) is 50.6 Å². The molecular formula is C25H28N4O2. The topological polar surface area (TPSA) is 50.6 Å². The molecule has 2 aromatic carbocycles. The molecule has 1 amide bonds. The minimum atomic E-state index is 0.0555. The van der Waals surface area contributed by atoms with Crippen LogP contribution in [-0.4, -0.2) is 58.8 Å². The number of piperazine rings is 1. The van der Waals surface area contributed by atoms with Crippen LogP contribution in [0.15, 0.2) is 73.1 Å². The second-order valence-electron chi connectivity index (χ2n) is 7.74. The number of nitrogens with zero attached hydrogens (tertiary/aromatic N) is 4. The molecule has 1 aliphatic heterocycles. The number of methoxy groups -OCH3 is 1. The lowest BCUT2D eigenvalue weighted by Gasteiger charge is -2.34. The molecule has 1 aliphatic rings. The van der Waals surface area contributed by atoms with Crippen LogP contribution < -0.4 is 4.74 Å². The zero-order chi connectivity index (χ0) is 21.5. The number of aromatic nitrogens is 2. The number of rotatable bonds is 7. The molecule has 3 aromatic rings. The van der Waals surface area contributed by atoms with E-state index in [1.807, 2.05) is 52.2 Å². The van der Waals surface area contributed by atoms with E-state index in [1.54, 1.807) is 19.4 Å². The molecule has 4 rings (SSSR count). The Balaban J connectivity index is 1.24. The predicted octanol–water partition coefficient (Wildman–Crippen LogP) is 3.30. The summed E-state index contributed by atoms with van der Waals surface area (Å²) in [5, 5.41) is 4.39. The summed E-state index contributed by atoms with van der Waals surface area (Å²) in [6.07, 6.45) is 7.26. The van der Waals surface area contributed by atoms with Crippen LogP contribution in [-0.2, 0) is 17.9 Å². The van der Waals surface area contributed by atoms with E-state index in [9.17, 15) is 4.79 Å². The first-order valence-corrected chi connectivity index (χ1v) is 10.6. The van der Waals surface area contributed by atoms with E-state index >= 15 is 0 Å². The van der Waals surface area contributed by atoms with E-state index in [0.717, 1.165) is 50.6 Å². The largest absolute Gasteiger partial charge is 0.497 e. The molecule has 6 heteroatoms. The van der Waals surface area contributed by atoms with Crippen molar-refractivity contribution < 1.29 is 9.53 Å². The smallest absolute Gasteiger partial charge is 0.246 e. The Labute approximate surface area is 183 Å². The minimum Gasteiger partial charge on any atom is -0.497 e. The van der Waals surface area contributed by atoms with E-state index in [0.29, 0.717) is 0 Å². The molecular weight excluding hydrogens is 388 g/mol. The number of benzene rings is 2. The Bertz CT molecular complexity index is 1000. The lowest BCUT2D eigenvalue weighted by molar-refractivity contribution is -0.127. The highest BCUT2D eigenvalue weighted by molar-refractivity contribution is 5.91. The zero-order valence-electron chi connectivity index (χ0n) is 17.9. The van der Waals surface area contributed by atoms with Gasteiger partial charge in [-0.25, -0.2) is 0 Å². The van der Waals surface area contributed by atoms with E-state index in [-0.39, 0.29) is 5.91 Å². The molecule has 1 fully saturated rings. The summed E-state index contributed by atoms with van der Waals surface area (Å²) < 4.78 is 7.10. The standard InChI is InChI=1S/C25H28N4O2/c1-31-24-10-7-22(8-11-24)18-27-13-15-28(16-14-27)25(30)12-9-23-17-26-29(20-23)19-21-5-3-2-4-6-21/h2-12,17,20H,13-16,18-19H2,1H3/b12-9+. The summed E-state index contributed by atoms with van der Waals surface area (Å²) in [6.45, 7) is 4.85. The molecule has 0 unspecified atom stereocenters. The van der Waals surface area contributed by atoms with Crippen molar-refractivity contribution in [3.63, 3.8) is 0 Å². The third kappa shape index (κ3) is 5.83. The van der Waals surface area contributed by atoms with Crippen molar-refractivity contribution in [3.05, 3.63) is 89.8 Å². The molecule has 0 aliphatic carbocycles. The maximum atomic E-state index is 12.6. The van der Waals surface area contributed by atoms with Crippen molar-refractivity contribution in [1.29, 1.82) is 0 Å². The number of ether oxygens (including phenoxy) is 1. The van der Waals surface area contributed by atoms with Crippen LogP contribution in [0.2, 0.25) is 0 Å². The van der Waals surface area contributed by atoms with Crippen molar-refractivity contribution in [2.45, 2.75) is 13.1 Å². The average molecular weight is 417 g/mol. The normalized spacial score (nSPS) is 14.8. The average Bonchev–Trinajstić information content (AvgIpc) is 3.26. The molecule has 0 bridgehead atoms. The monoisotopic (exact) mass is 416 g/mol. The summed E-state index contributed by atoms with van der Waals surface area (Å²) in [5.41, 5.74) is 3.39. The van der Waals surface area contributed by atoms with E-state index in [2.05, 4.69) is 34.3 Å². The zero-order valence-corrected chi connectivity index (χ0v) is 17.9. The Kier molecular flexibility index (Phi) is 6.79. The van der Waals surface area contributed by atoms with Crippen LogP contribution in [0.3, 0.4) is 0 Å². The molecule has 6 nitrogen and oxygen atoms in total. The van der Waals surface area contributed by atoms with Gasteiger partial charge in [-0.1, -0.05) is 42.5 Å². The van der Waals surface area contributed by atoms with Crippen molar-refractivity contribution in [2.75, 3.05) is 33.3 Å². The molecule has 1 aromatic heterocycles. The van der Waals surface area contributed by atoms with Gasteiger partial charge in [0.2, 0.25) is 5.91 Å². The summed E-state index contributed by atoms with van der Waals surface area (Å²) in [4.78, 5) is 16.9. The fraction of sp³-hybridized carbons (Fsp3) is 0.280. The quantitative estimate of drug-likeness (QED) is 0.555. The molecule has 0 spiro atoms.